The Labute approximate surface area is 114 Å². The van der Waals surface area contributed by atoms with Crippen LogP contribution in [0.25, 0.3) is 0 Å². The summed E-state index contributed by atoms with van der Waals surface area (Å²) in [5, 5.41) is 20.8. The lowest BCUT2D eigenvalue weighted by Gasteiger charge is -2.22. The van der Waals surface area contributed by atoms with Crippen molar-refractivity contribution in [3.05, 3.63) is 5.89 Å². The van der Waals surface area contributed by atoms with Crippen molar-refractivity contribution in [1.29, 1.82) is 0 Å². The molecule has 2 N–H and O–H groups in total. The summed E-state index contributed by atoms with van der Waals surface area (Å²) >= 11 is 0. The zero-order chi connectivity index (χ0) is 13.8. The van der Waals surface area contributed by atoms with Gasteiger partial charge < -0.3 is 19.7 Å². The fraction of sp³-hybridized carbons (Fsp3) is 0.846. The Kier molecular flexibility index (Phi) is 4.76. The Morgan fingerprint density at radius 3 is 2.95 bits per heavy atom. The van der Waals surface area contributed by atoms with E-state index in [4.69, 9.17) is 4.42 Å². The molecule has 1 aromatic rings. The molecular weight excluding hydrogens is 244 g/mol. The van der Waals surface area contributed by atoms with Crippen LogP contribution in [0.5, 0.6) is 0 Å². The molecule has 6 heteroatoms. The predicted octanol–water partition coefficient (Wildman–Crippen LogP) is 1.02. The Balaban J connectivity index is 1.93. The number of hydrogen-bond donors (Lipinski definition) is 2. The maximum atomic E-state index is 9.43. The molecule has 0 spiro atoms. The zero-order valence-electron chi connectivity index (χ0n) is 12.0. The van der Waals surface area contributed by atoms with Crippen LogP contribution in [0, 0.1) is 11.8 Å². The van der Waals surface area contributed by atoms with Crippen LogP contribution >= 0.6 is 0 Å². The quantitative estimate of drug-likeness (QED) is 0.802. The lowest BCUT2D eigenvalue weighted by atomic mass is 10.0. The van der Waals surface area contributed by atoms with Crippen LogP contribution in [0.1, 0.15) is 33.1 Å². The van der Waals surface area contributed by atoms with Crippen LogP contribution in [0.2, 0.25) is 0 Å². The molecular formula is C13H24N4O2. The maximum absolute atomic E-state index is 9.43. The van der Waals surface area contributed by atoms with Crippen LogP contribution in [-0.4, -0.2) is 41.0 Å². The molecule has 1 aromatic heterocycles. The van der Waals surface area contributed by atoms with Gasteiger partial charge in [-0.15, -0.1) is 5.10 Å². The van der Waals surface area contributed by atoms with Gasteiger partial charge in [0.2, 0.25) is 5.89 Å². The Hall–Kier alpha value is -1.14. The fourth-order valence-electron chi connectivity index (χ4n) is 2.42. The molecule has 0 bridgehead atoms. The molecule has 2 rings (SSSR count). The van der Waals surface area contributed by atoms with Crippen molar-refractivity contribution < 1.29 is 9.52 Å². The Bertz CT molecular complexity index is 394. The van der Waals surface area contributed by atoms with Crippen molar-refractivity contribution in [2.75, 3.05) is 24.6 Å². The van der Waals surface area contributed by atoms with E-state index in [0.717, 1.165) is 19.5 Å². The number of hydrogen-bond acceptors (Lipinski definition) is 6. The predicted molar refractivity (Wildman–Crippen MR) is 72.8 cm³/mol. The second-order valence-electron chi connectivity index (χ2n) is 5.71. The van der Waals surface area contributed by atoms with E-state index in [1.54, 1.807) is 0 Å². The van der Waals surface area contributed by atoms with Crippen LogP contribution < -0.4 is 10.2 Å². The van der Waals surface area contributed by atoms with Gasteiger partial charge in [-0.2, -0.15) is 0 Å². The van der Waals surface area contributed by atoms with E-state index in [2.05, 4.69) is 36.3 Å². The number of nitrogens with one attached hydrogen (secondary N) is 1. The molecule has 1 aliphatic rings. The number of anilines is 1. The van der Waals surface area contributed by atoms with Gasteiger partial charge in [-0.25, -0.2) is 0 Å². The van der Waals surface area contributed by atoms with Gasteiger partial charge in [-0.1, -0.05) is 25.9 Å². The van der Waals surface area contributed by atoms with Gasteiger partial charge in [0.15, 0.2) is 0 Å². The van der Waals surface area contributed by atoms with Crippen LogP contribution in [-0.2, 0) is 6.54 Å². The summed E-state index contributed by atoms with van der Waals surface area (Å²) in [6.45, 7) is 8.98. The van der Waals surface area contributed by atoms with Crippen LogP contribution in [0.4, 0.5) is 6.01 Å². The van der Waals surface area contributed by atoms with E-state index in [-0.39, 0.29) is 12.6 Å². The minimum atomic E-state index is 0.0944. The van der Waals surface area contributed by atoms with Crippen molar-refractivity contribution in [1.82, 2.24) is 15.5 Å². The molecule has 0 radical (unpaired) electrons. The molecule has 0 saturated carbocycles. The van der Waals surface area contributed by atoms with Crippen molar-refractivity contribution >= 4 is 6.01 Å². The SMILES string of the molecule is CC(C)CNCc1nnc(N2CCC(C)C2CO)o1. The molecule has 0 amide bonds. The molecule has 1 saturated heterocycles. The number of nitrogens with zero attached hydrogens (tertiary/aromatic N) is 3. The van der Waals surface area contributed by atoms with E-state index in [9.17, 15) is 5.11 Å². The molecule has 0 aromatic carbocycles. The first-order valence-corrected chi connectivity index (χ1v) is 7.02. The fourth-order valence-corrected chi connectivity index (χ4v) is 2.42. The van der Waals surface area contributed by atoms with Gasteiger partial charge in [-0.3, -0.25) is 0 Å². The Morgan fingerprint density at radius 1 is 1.47 bits per heavy atom. The van der Waals surface area contributed by atoms with E-state index in [0.29, 0.717) is 30.3 Å². The van der Waals surface area contributed by atoms with E-state index in [1.165, 1.54) is 0 Å². The molecule has 2 heterocycles. The summed E-state index contributed by atoms with van der Waals surface area (Å²) in [7, 11) is 0. The van der Waals surface area contributed by atoms with Gasteiger partial charge in [0.05, 0.1) is 19.2 Å². The number of aliphatic hydroxyl groups is 1. The summed E-state index contributed by atoms with van der Waals surface area (Å²) in [4.78, 5) is 2.02. The number of aromatic nitrogens is 2. The lowest BCUT2D eigenvalue weighted by Crippen LogP contribution is -2.35. The topological polar surface area (TPSA) is 74.4 Å². The number of aliphatic hydroxyl groups excluding tert-OH is 1. The average Bonchev–Trinajstić information content (AvgIpc) is 2.95. The minimum Gasteiger partial charge on any atom is -0.407 e. The largest absolute Gasteiger partial charge is 0.407 e. The maximum Gasteiger partial charge on any atom is 0.318 e. The summed E-state index contributed by atoms with van der Waals surface area (Å²) in [6.07, 6.45) is 1.05. The Morgan fingerprint density at radius 2 is 2.26 bits per heavy atom. The molecule has 0 aliphatic carbocycles. The summed E-state index contributed by atoms with van der Waals surface area (Å²) in [6, 6.07) is 0.627. The smallest absolute Gasteiger partial charge is 0.318 e. The molecule has 19 heavy (non-hydrogen) atoms. The van der Waals surface area contributed by atoms with Crippen molar-refractivity contribution in [2.24, 2.45) is 11.8 Å². The third-order valence-electron chi connectivity index (χ3n) is 3.60. The normalized spacial score (nSPS) is 23.5. The third-order valence-corrected chi connectivity index (χ3v) is 3.60. The summed E-state index contributed by atoms with van der Waals surface area (Å²) < 4.78 is 5.66. The van der Waals surface area contributed by atoms with Gasteiger partial charge >= 0.3 is 6.01 Å². The van der Waals surface area contributed by atoms with Crippen molar-refractivity contribution in [3.8, 4) is 0 Å². The number of rotatable bonds is 6. The van der Waals surface area contributed by atoms with E-state index >= 15 is 0 Å². The highest BCUT2D eigenvalue weighted by Crippen LogP contribution is 2.28. The highest BCUT2D eigenvalue weighted by molar-refractivity contribution is 5.29. The first-order chi connectivity index (χ1) is 9.11. The highest BCUT2D eigenvalue weighted by atomic mass is 16.4. The van der Waals surface area contributed by atoms with Gasteiger partial charge in [0.25, 0.3) is 0 Å². The lowest BCUT2D eigenvalue weighted by molar-refractivity contribution is 0.241. The standard InChI is InChI=1S/C13H24N4O2/c1-9(2)6-14-7-12-15-16-13(19-12)17-5-4-10(3)11(17)8-18/h9-11,14,18H,4-8H2,1-3H3. The second kappa shape index (κ2) is 6.34. The third kappa shape index (κ3) is 3.45. The first-order valence-electron chi connectivity index (χ1n) is 7.02. The zero-order valence-corrected chi connectivity index (χ0v) is 12.0. The first kappa shape index (κ1) is 14.3. The molecule has 6 nitrogen and oxygen atoms in total. The monoisotopic (exact) mass is 268 g/mol. The molecule has 1 fully saturated rings. The minimum absolute atomic E-state index is 0.0944. The van der Waals surface area contributed by atoms with Gasteiger partial charge in [0, 0.05) is 6.54 Å². The van der Waals surface area contributed by atoms with Crippen molar-refractivity contribution in [3.63, 3.8) is 0 Å². The molecule has 108 valence electrons. The van der Waals surface area contributed by atoms with Gasteiger partial charge in [-0.05, 0) is 24.8 Å². The van der Waals surface area contributed by atoms with Gasteiger partial charge in [0.1, 0.15) is 0 Å². The average molecular weight is 268 g/mol. The second-order valence-corrected chi connectivity index (χ2v) is 5.71. The molecule has 2 unspecified atom stereocenters. The molecule has 2 atom stereocenters. The summed E-state index contributed by atoms with van der Waals surface area (Å²) in [5.41, 5.74) is 0. The molecule has 1 aliphatic heterocycles. The summed E-state index contributed by atoms with van der Waals surface area (Å²) in [5.74, 6) is 1.66. The van der Waals surface area contributed by atoms with Crippen LogP contribution in [0.15, 0.2) is 4.42 Å². The highest BCUT2D eigenvalue weighted by Gasteiger charge is 2.33. The van der Waals surface area contributed by atoms with E-state index in [1.807, 2.05) is 4.90 Å². The van der Waals surface area contributed by atoms with Crippen molar-refractivity contribution in [2.45, 2.75) is 39.8 Å². The van der Waals surface area contributed by atoms with E-state index < -0.39 is 0 Å². The van der Waals surface area contributed by atoms with Crippen LogP contribution in [0.3, 0.4) is 0 Å².